The Hall–Kier alpha value is -1.76. The fraction of sp³-hybridized carbons (Fsp3) is 0.133. The molecule has 2 aromatic carbocycles. The fourth-order valence-electron chi connectivity index (χ4n) is 1.69. The third-order valence-electron chi connectivity index (χ3n) is 2.72. The third-order valence-corrected chi connectivity index (χ3v) is 3.33. The van der Waals surface area contributed by atoms with Crippen molar-refractivity contribution in [2.24, 2.45) is 0 Å². The first kappa shape index (κ1) is 14.6. The van der Waals surface area contributed by atoms with Crippen LogP contribution in [0.15, 0.2) is 36.4 Å². The van der Waals surface area contributed by atoms with Crippen molar-refractivity contribution >= 4 is 23.2 Å². The van der Waals surface area contributed by atoms with E-state index in [1.165, 1.54) is 18.2 Å². The standard InChI is InChI=1S/C15H10Cl2FNO/c16-7-10-1-4-15(14(17)5-10)20-9-12-6-13(18)3-2-11(12)8-19/h1-6H,7,9H2. The Labute approximate surface area is 126 Å². The summed E-state index contributed by atoms with van der Waals surface area (Å²) in [7, 11) is 0. The van der Waals surface area contributed by atoms with Crippen molar-refractivity contribution in [3.8, 4) is 11.8 Å². The van der Waals surface area contributed by atoms with Gasteiger partial charge in [-0.1, -0.05) is 17.7 Å². The summed E-state index contributed by atoms with van der Waals surface area (Å²) in [4.78, 5) is 0. The van der Waals surface area contributed by atoms with Crippen LogP contribution in [0, 0.1) is 17.1 Å². The fourth-order valence-corrected chi connectivity index (χ4v) is 2.11. The molecule has 0 atom stereocenters. The second-order valence-electron chi connectivity index (χ2n) is 4.10. The lowest BCUT2D eigenvalue weighted by molar-refractivity contribution is 0.305. The molecular weight excluding hydrogens is 300 g/mol. The summed E-state index contributed by atoms with van der Waals surface area (Å²) < 4.78 is 18.7. The molecule has 0 spiro atoms. The van der Waals surface area contributed by atoms with Crippen LogP contribution in [-0.2, 0) is 12.5 Å². The molecule has 2 aromatic rings. The molecule has 0 unspecified atom stereocenters. The van der Waals surface area contributed by atoms with Crippen LogP contribution in [-0.4, -0.2) is 0 Å². The molecular formula is C15H10Cl2FNO. The van der Waals surface area contributed by atoms with E-state index < -0.39 is 5.82 Å². The van der Waals surface area contributed by atoms with Crippen molar-refractivity contribution in [3.63, 3.8) is 0 Å². The number of nitrogens with zero attached hydrogens (tertiary/aromatic N) is 1. The van der Waals surface area contributed by atoms with E-state index in [4.69, 9.17) is 33.2 Å². The number of rotatable bonds is 4. The van der Waals surface area contributed by atoms with Gasteiger partial charge in [-0.3, -0.25) is 0 Å². The highest BCUT2D eigenvalue weighted by Crippen LogP contribution is 2.27. The zero-order valence-electron chi connectivity index (χ0n) is 10.4. The van der Waals surface area contributed by atoms with E-state index in [2.05, 4.69) is 0 Å². The predicted molar refractivity (Wildman–Crippen MR) is 76.5 cm³/mol. The summed E-state index contributed by atoms with van der Waals surface area (Å²) in [6.45, 7) is 0.0700. The molecule has 0 saturated carbocycles. The molecule has 20 heavy (non-hydrogen) atoms. The molecule has 102 valence electrons. The van der Waals surface area contributed by atoms with E-state index in [0.717, 1.165) is 5.56 Å². The van der Waals surface area contributed by atoms with Crippen LogP contribution in [0.5, 0.6) is 5.75 Å². The number of ether oxygens (including phenoxy) is 1. The Balaban J connectivity index is 2.17. The highest BCUT2D eigenvalue weighted by Gasteiger charge is 2.07. The molecule has 0 amide bonds. The van der Waals surface area contributed by atoms with Crippen LogP contribution in [0.1, 0.15) is 16.7 Å². The smallest absolute Gasteiger partial charge is 0.138 e. The highest BCUT2D eigenvalue weighted by atomic mass is 35.5. The van der Waals surface area contributed by atoms with Gasteiger partial charge in [-0.2, -0.15) is 5.26 Å². The minimum absolute atomic E-state index is 0.0700. The number of hydrogen-bond acceptors (Lipinski definition) is 2. The Kier molecular flexibility index (Phi) is 4.84. The van der Waals surface area contributed by atoms with Crippen LogP contribution in [0.25, 0.3) is 0 Å². The maximum atomic E-state index is 13.2. The molecule has 0 saturated heterocycles. The maximum absolute atomic E-state index is 13.2. The number of halogens is 3. The summed E-state index contributed by atoms with van der Waals surface area (Å²) >= 11 is 11.8. The molecule has 0 N–H and O–H groups in total. The highest BCUT2D eigenvalue weighted by molar-refractivity contribution is 6.32. The monoisotopic (exact) mass is 309 g/mol. The van der Waals surface area contributed by atoms with Gasteiger partial charge in [0.2, 0.25) is 0 Å². The van der Waals surface area contributed by atoms with Gasteiger partial charge in [-0.05, 0) is 35.9 Å². The Morgan fingerprint density at radius 1 is 1.20 bits per heavy atom. The van der Waals surface area contributed by atoms with Gasteiger partial charge in [-0.15, -0.1) is 11.6 Å². The zero-order chi connectivity index (χ0) is 14.5. The molecule has 0 aliphatic carbocycles. The van der Waals surface area contributed by atoms with E-state index in [-0.39, 0.29) is 6.61 Å². The molecule has 0 aliphatic rings. The van der Waals surface area contributed by atoms with Crippen LogP contribution < -0.4 is 4.74 Å². The van der Waals surface area contributed by atoms with E-state index in [0.29, 0.717) is 27.8 Å². The lowest BCUT2D eigenvalue weighted by Crippen LogP contribution is -2.00. The lowest BCUT2D eigenvalue weighted by atomic mass is 10.1. The predicted octanol–water partition coefficient (Wildman–Crippen LogP) is 4.67. The SMILES string of the molecule is N#Cc1ccc(F)cc1COc1ccc(CCl)cc1Cl. The van der Waals surface area contributed by atoms with Crippen LogP contribution in [0.3, 0.4) is 0 Å². The van der Waals surface area contributed by atoms with Gasteiger partial charge in [0, 0.05) is 11.4 Å². The van der Waals surface area contributed by atoms with Crippen LogP contribution in [0.2, 0.25) is 5.02 Å². The Morgan fingerprint density at radius 3 is 2.65 bits per heavy atom. The van der Waals surface area contributed by atoms with E-state index in [1.54, 1.807) is 18.2 Å². The van der Waals surface area contributed by atoms with Gasteiger partial charge in [0.15, 0.2) is 0 Å². The molecule has 0 radical (unpaired) electrons. The minimum Gasteiger partial charge on any atom is -0.487 e. The molecule has 0 bridgehead atoms. The lowest BCUT2D eigenvalue weighted by Gasteiger charge is -2.10. The third kappa shape index (κ3) is 3.41. The first-order valence-electron chi connectivity index (χ1n) is 5.79. The number of nitriles is 1. The van der Waals surface area contributed by atoms with Crippen molar-refractivity contribution in [3.05, 3.63) is 63.9 Å². The van der Waals surface area contributed by atoms with Gasteiger partial charge < -0.3 is 4.74 Å². The van der Waals surface area contributed by atoms with Gasteiger partial charge in [0.1, 0.15) is 18.2 Å². The quantitative estimate of drug-likeness (QED) is 0.769. The van der Waals surface area contributed by atoms with Crippen LogP contribution in [0.4, 0.5) is 4.39 Å². The van der Waals surface area contributed by atoms with Crippen molar-refractivity contribution in [1.82, 2.24) is 0 Å². The molecule has 0 fully saturated rings. The zero-order valence-corrected chi connectivity index (χ0v) is 11.9. The minimum atomic E-state index is -0.411. The summed E-state index contributed by atoms with van der Waals surface area (Å²) in [5.41, 5.74) is 1.73. The molecule has 0 aliphatic heterocycles. The van der Waals surface area contributed by atoms with Gasteiger partial charge in [0.25, 0.3) is 0 Å². The summed E-state index contributed by atoms with van der Waals surface area (Å²) in [6.07, 6.45) is 0. The molecule has 2 rings (SSSR count). The Bertz CT molecular complexity index is 667. The second-order valence-corrected chi connectivity index (χ2v) is 4.77. The topological polar surface area (TPSA) is 33.0 Å². The summed E-state index contributed by atoms with van der Waals surface area (Å²) in [5, 5.41) is 9.39. The maximum Gasteiger partial charge on any atom is 0.138 e. The van der Waals surface area contributed by atoms with Crippen molar-refractivity contribution in [2.45, 2.75) is 12.5 Å². The molecule has 0 heterocycles. The van der Waals surface area contributed by atoms with Crippen molar-refractivity contribution < 1.29 is 9.13 Å². The van der Waals surface area contributed by atoms with E-state index in [9.17, 15) is 4.39 Å². The van der Waals surface area contributed by atoms with Gasteiger partial charge in [0.05, 0.1) is 16.7 Å². The summed E-state index contributed by atoms with van der Waals surface area (Å²) in [6, 6.07) is 11.1. The van der Waals surface area contributed by atoms with E-state index in [1.807, 2.05) is 6.07 Å². The van der Waals surface area contributed by atoms with Crippen LogP contribution >= 0.6 is 23.2 Å². The first-order chi connectivity index (χ1) is 9.63. The second kappa shape index (κ2) is 6.60. The number of hydrogen-bond donors (Lipinski definition) is 0. The normalized spacial score (nSPS) is 10.1. The molecule has 2 nitrogen and oxygen atoms in total. The average molecular weight is 310 g/mol. The Morgan fingerprint density at radius 2 is 2.00 bits per heavy atom. The molecule has 5 heteroatoms. The van der Waals surface area contributed by atoms with Crippen molar-refractivity contribution in [2.75, 3.05) is 0 Å². The largest absolute Gasteiger partial charge is 0.487 e. The van der Waals surface area contributed by atoms with E-state index >= 15 is 0 Å². The average Bonchev–Trinajstić information content (AvgIpc) is 2.46. The van der Waals surface area contributed by atoms with Crippen molar-refractivity contribution in [1.29, 1.82) is 5.26 Å². The number of alkyl halides is 1. The first-order valence-corrected chi connectivity index (χ1v) is 6.71. The van der Waals surface area contributed by atoms with Gasteiger partial charge >= 0.3 is 0 Å². The number of benzene rings is 2. The van der Waals surface area contributed by atoms with Gasteiger partial charge in [-0.25, -0.2) is 4.39 Å². The summed E-state index contributed by atoms with van der Waals surface area (Å²) in [5.74, 6) is 0.419. The molecule has 0 aromatic heterocycles.